The van der Waals surface area contributed by atoms with Crippen molar-refractivity contribution in [2.75, 3.05) is 0 Å². The van der Waals surface area contributed by atoms with Crippen molar-refractivity contribution in [2.24, 2.45) is 0 Å². The third-order valence-corrected chi connectivity index (χ3v) is 4.87. The van der Waals surface area contributed by atoms with Crippen LogP contribution >= 0.6 is 27.3 Å². The average molecular weight is 329 g/mol. The number of nitrogens with zero attached hydrogens (tertiary/aromatic N) is 2. The van der Waals surface area contributed by atoms with Gasteiger partial charge in [0, 0.05) is 17.1 Å². The van der Waals surface area contributed by atoms with E-state index in [-0.39, 0.29) is 0 Å². The molecule has 0 aliphatic rings. The summed E-state index contributed by atoms with van der Waals surface area (Å²) in [5.74, 6) is 0. The highest BCUT2D eigenvalue weighted by molar-refractivity contribution is 9.10. The van der Waals surface area contributed by atoms with Crippen molar-refractivity contribution in [1.82, 2.24) is 9.38 Å². The fraction of sp³-hybridized carbons (Fsp3) is 0. The fourth-order valence-corrected chi connectivity index (χ4v) is 3.67. The van der Waals surface area contributed by atoms with Gasteiger partial charge in [-0.3, -0.25) is 0 Å². The Bertz CT molecular complexity index is 858. The van der Waals surface area contributed by atoms with Gasteiger partial charge >= 0.3 is 0 Å². The van der Waals surface area contributed by atoms with Crippen LogP contribution in [0.3, 0.4) is 0 Å². The van der Waals surface area contributed by atoms with Crippen LogP contribution in [0, 0.1) is 0 Å². The summed E-state index contributed by atoms with van der Waals surface area (Å²) in [6.45, 7) is 0. The molecule has 3 heterocycles. The van der Waals surface area contributed by atoms with Crippen molar-refractivity contribution in [3.63, 3.8) is 0 Å². The third kappa shape index (κ3) is 1.79. The van der Waals surface area contributed by atoms with E-state index < -0.39 is 0 Å². The zero-order valence-corrected chi connectivity index (χ0v) is 12.3. The highest BCUT2D eigenvalue weighted by Crippen LogP contribution is 2.33. The van der Waals surface area contributed by atoms with E-state index in [1.807, 2.05) is 22.7 Å². The largest absolute Gasteiger partial charge is 0.305 e. The van der Waals surface area contributed by atoms with Crippen molar-refractivity contribution in [3.8, 4) is 10.6 Å². The molecule has 4 rings (SSSR count). The number of halogens is 1. The lowest BCUT2D eigenvalue weighted by Gasteiger charge is -1.92. The lowest BCUT2D eigenvalue weighted by atomic mass is 10.2. The van der Waals surface area contributed by atoms with E-state index in [0.29, 0.717) is 0 Å². The summed E-state index contributed by atoms with van der Waals surface area (Å²) in [4.78, 5) is 5.91. The van der Waals surface area contributed by atoms with Crippen LogP contribution in [0.15, 0.2) is 59.3 Å². The molecule has 0 saturated carbocycles. The quantitative estimate of drug-likeness (QED) is 0.481. The second-order valence-corrected chi connectivity index (χ2v) is 6.30. The number of hydrogen-bond acceptors (Lipinski definition) is 2. The van der Waals surface area contributed by atoms with Gasteiger partial charge < -0.3 is 4.40 Å². The maximum absolute atomic E-state index is 4.70. The molecular formula is C15H9BrN2S. The normalized spacial score (nSPS) is 11.4. The summed E-state index contributed by atoms with van der Waals surface area (Å²) in [6.07, 6.45) is 4.09. The Morgan fingerprint density at radius 1 is 1.11 bits per heavy atom. The summed E-state index contributed by atoms with van der Waals surface area (Å²) < 4.78 is 4.36. The van der Waals surface area contributed by atoms with Crippen molar-refractivity contribution < 1.29 is 0 Å². The Morgan fingerprint density at radius 3 is 2.84 bits per heavy atom. The van der Waals surface area contributed by atoms with Crippen molar-refractivity contribution >= 4 is 43.0 Å². The predicted octanol–water partition coefficient (Wildman–Crippen LogP) is 4.98. The van der Waals surface area contributed by atoms with E-state index in [4.69, 9.17) is 4.98 Å². The van der Waals surface area contributed by atoms with Gasteiger partial charge in [0.15, 0.2) is 5.65 Å². The molecule has 3 aromatic heterocycles. The van der Waals surface area contributed by atoms with Crippen LogP contribution in [-0.4, -0.2) is 9.38 Å². The van der Waals surface area contributed by atoms with E-state index in [1.165, 1.54) is 15.0 Å². The topological polar surface area (TPSA) is 17.3 Å². The lowest BCUT2D eigenvalue weighted by Crippen LogP contribution is -1.80. The number of aromatic nitrogens is 2. The minimum atomic E-state index is 0.954. The van der Waals surface area contributed by atoms with Crippen molar-refractivity contribution in [3.05, 3.63) is 59.3 Å². The molecule has 92 valence electrons. The molecule has 0 amide bonds. The fourth-order valence-electron chi connectivity index (χ4n) is 2.21. The molecule has 0 aliphatic carbocycles. The van der Waals surface area contributed by atoms with Crippen LogP contribution < -0.4 is 0 Å². The third-order valence-electron chi connectivity index (χ3n) is 3.11. The summed E-state index contributed by atoms with van der Waals surface area (Å²) in [7, 11) is 0. The predicted molar refractivity (Wildman–Crippen MR) is 83.7 cm³/mol. The SMILES string of the molecule is Brc1cccn2cc(-c3cc4ccccc4s3)nc12. The molecule has 2 nitrogen and oxygen atoms in total. The second kappa shape index (κ2) is 4.18. The van der Waals surface area contributed by atoms with Gasteiger partial charge in [-0.15, -0.1) is 11.3 Å². The first-order chi connectivity index (χ1) is 9.31. The molecule has 0 saturated heterocycles. The van der Waals surface area contributed by atoms with E-state index in [1.54, 1.807) is 11.3 Å². The minimum Gasteiger partial charge on any atom is -0.305 e. The summed E-state index contributed by atoms with van der Waals surface area (Å²) in [6, 6.07) is 14.7. The van der Waals surface area contributed by atoms with Crippen LogP contribution in [0.25, 0.3) is 26.3 Å². The first kappa shape index (κ1) is 11.2. The molecule has 4 aromatic rings. The van der Waals surface area contributed by atoms with Crippen LogP contribution in [-0.2, 0) is 0 Å². The number of hydrogen-bond donors (Lipinski definition) is 0. The smallest absolute Gasteiger partial charge is 0.151 e. The first-order valence-corrected chi connectivity index (χ1v) is 7.54. The number of thiophene rings is 1. The zero-order valence-electron chi connectivity index (χ0n) is 9.88. The monoisotopic (exact) mass is 328 g/mol. The molecule has 0 fully saturated rings. The number of benzene rings is 1. The van der Waals surface area contributed by atoms with Gasteiger partial charge in [-0.05, 0) is 45.6 Å². The summed E-state index contributed by atoms with van der Waals surface area (Å²) in [5.41, 5.74) is 1.98. The van der Waals surface area contributed by atoms with Crippen LogP contribution in [0.5, 0.6) is 0 Å². The zero-order chi connectivity index (χ0) is 12.8. The molecule has 0 aliphatic heterocycles. The van der Waals surface area contributed by atoms with Gasteiger partial charge in [-0.2, -0.15) is 0 Å². The highest BCUT2D eigenvalue weighted by Gasteiger charge is 2.09. The molecule has 1 aromatic carbocycles. The molecule has 0 N–H and O–H groups in total. The maximum atomic E-state index is 4.70. The Balaban J connectivity index is 1.96. The molecule has 4 heteroatoms. The molecule has 0 radical (unpaired) electrons. The van der Waals surface area contributed by atoms with E-state index in [2.05, 4.69) is 52.5 Å². The molecule has 19 heavy (non-hydrogen) atoms. The maximum Gasteiger partial charge on any atom is 0.151 e. The lowest BCUT2D eigenvalue weighted by molar-refractivity contribution is 1.18. The Morgan fingerprint density at radius 2 is 2.00 bits per heavy atom. The number of pyridine rings is 1. The van der Waals surface area contributed by atoms with Crippen molar-refractivity contribution in [2.45, 2.75) is 0 Å². The summed E-state index contributed by atoms with van der Waals surface area (Å²) in [5, 5.41) is 1.28. The number of imidazole rings is 1. The van der Waals surface area contributed by atoms with Gasteiger partial charge in [-0.1, -0.05) is 18.2 Å². The standard InChI is InChI=1S/C15H9BrN2S/c16-11-5-3-7-18-9-12(17-15(11)18)14-8-10-4-1-2-6-13(10)19-14/h1-9H. The van der Waals surface area contributed by atoms with Crippen LogP contribution in [0.1, 0.15) is 0 Å². The van der Waals surface area contributed by atoms with Gasteiger partial charge in [-0.25, -0.2) is 4.98 Å². The highest BCUT2D eigenvalue weighted by atomic mass is 79.9. The van der Waals surface area contributed by atoms with Gasteiger partial charge in [0.05, 0.1) is 15.0 Å². The second-order valence-electron chi connectivity index (χ2n) is 4.36. The van der Waals surface area contributed by atoms with Crippen molar-refractivity contribution in [1.29, 1.82) is 0 Å². The van der Waals surface area contributed by atoms with E-state index in [9.17, 15) is 0 Å². The van der Waals surface area contributed by atoms with Crippen LogP contribution in [0.4, 0.5) is 0 Å². The molecule has 0 atom stereocenters. The minimum absolute atomic E-state index is 0.954. The first-order valence-electron chi connectivity index (χ1n) is 5.93. The Hall–Kier alpha value is -1.65. The number of rotatable bonds is 1. The van der Waals surface area contributed by atoms with Gasteiger partial charge in [0.1, 0.15) is 0 Å². The Kier molecular flexibility index (Phi) is 2.47. The average Bonchev–Trinajstić information content (AvgIpc) is 3.02. The molecule has 0 bridgehead atoms. The molecule has 0 unspecified atom stereocenters. The van der Waals surface area contributed by atoms with E-state index in [0.717, 1.165) is 15.8 Å². The molecule has 0 spiro atoms. The molecular weight excluding hydrogens is 320 g/mol. The summed E-state index contributed by atoms with van der Waals surface area (Å²) >= 11 is 5.32. The Labute approximate surface area is 122 Å². The van der Waals surface area contributed by atoms with E-state index >= 15 is 0 Å². The number of fused-ring (bicyclic) bond motifs is 2. The van der Waals surface area contributed by atoms with Gasteiger partial charge in [0.2, 0.25) is 0 Å². The van der Waals surface area contributed by atoms with Gasteiger partial charge in [0.25, 0.3) is 0 Å². The van der Waals surface area contributed by atoms with Crippen LogP contribution in [0.2, 0.25) is 0 Å².